The first-order valence-electron chi connectivity index (χ1n) is 8.60. The molecule has 25 heavy (non-hydrogen) atoms. The Labute approximate surface area is 155 Å². The van der Waals surface area contributed by atoms with E-state index in [1.807, 2.05) is 37.7 Å². The summed E-state index contributed by atoms with van der Waals surface area (Å²) in [5.41, 5.74) is 4.94. The van der Waals surface area contributed by atoms with Gasteiger partial charge in [-0.25, -0.2) is 0 Å². The maximum absolute atomic E-state index is 12.2. The molecule has 3 nitrogen and oxygen atoms in total. The Morgan fingerprint density at radius 1 is 1.12 bits per heavy atom. The van der Waals surface area contributed by atoms with Gasteiger partial charge in [-0.1, -0.05) is 30.3 Å². The van der Waals surface area contributed by atoms with Crippen molar-refractivity contribution in [2.45, 2.75) is 39.6 Å². The van der Waals surface area contributed by atoms with Gasteiger partial charge >= 0.3 is 0 Å². The molecule has 0 heterocycles. The molecular formula is C21H27NO2S. The number of carbonyl (C=O) groups is 1. The third-order valence-electron chi connectivity index (χ3n) is 3.94. The smallest absolute Gasteiger partial charge is 0.260 e. The second-order valence-corrected chi connectivity index (χ2v) is 7.46. The highest BCUT2D eigenvalue weighted by Gasteiger charge is 2.14. The highest BCUT2D eigenvalue weighted by atomic mass is 32.2. The van der Waals surface area contributed by atoms with E-state index in [2.05, 4.69) is 42.6 Å². The summed E-state index contributed by atoms with van der Waals surface area (Å²) in [6.07, 6.45) is -0.498. The molecule has 0 radical (unpaired) electrons. The summed E-state index contributed by atoms with van der Waals surface area (Å²) in [6.45, 7) is 8.61. The van der Waals surface area contributed by atoms with Crippen molar-refractivity contribution in [3.8, 4) is 5.75 Å². The van der Waals surface area contributed by atoms with E-state index in [1.165, 1.54) is 11.1 Å². The molecule has 0 bridgehead atoms. The molecule has 0 spiro atoms. The molecule has 1 amide bonds. The van der Waals surface area contributed by atoms with E-state index in [0.29, 0.717) is 6.54 Å². The van der Waals surface area contributed by atoms with Gasteiger partial charge in [-0.3, -0.25) is 4.79 Å². The van der Waals surface area contributed by atoms with Crippen LogP contribution in [0, 0.1) is 20.8 Å². The Hall–Kier alpha value is -1.94. The van der Waals surface area contributed by atoms with Gasteiger partial charge in [0.05, 0.1) is 0 Å². The summed E-state index contributed by atoms with van der Waals surface area (Å²) in [4.78, 5) is 12.2. The minimum absolute atomic E-state index is 0.0735. The van der Waals surface area contributed by atoms with Crippen LogP contribution in [0.25, 0.3) is 0 Å². The number of benzene rings is 2. The zero-order valence-electron chi connectivity index (χ0n) is 15.5. The number of amides is 1. The van der Waals surface area contributed by atoms with Crippen molar-refractivity contribution < 1.29 is 9.53 Å². The number of aryl methyl sites for hydroxylation is 3. The van der Waals surface area contributed by atoms with E-state index in [9.17, 15) is 4.79 Å². The molecule has 0 aliphatic heterocycles. The molecule has 4 heteroatoms. The Balaban J connectivity index is 1.70. The fourth-order valence-electron chi connectivity index (χ4n) is 2.60. The van der Waals surface area contributed by atoms with Crippen molar-refractivity contribution in [3.63, 3.8) is 0 Å². The van der Waals surface area contributed by atoms with Gasteiger partial charge in [0.1, 0.15) is 5.75 Å². The number of rotatable bonds is 8. The van der Waals surface area contributed by atoms with Gasteiger partial charge in [-0.05, 0) is 62.1 Å². The molecule has 2 rings (SSSR count). The van der Waals surface area contributed by atoms with E-state index >= 15 is 0 Å². The first-order valence-corrected chi connectivity index (χ1v) is 9.76. The van der Waals surface area contributed by atoms with Gasteiger partial charge in [0.2, 0.25) is 0 Å². The minimum Gasteiger partial charge on any atom is -0.481 e. The molecule has 0 fully saturated rings. The van der Waals surface area contributed by atoms with Crippen LogP contribution in [0.1, 0.15) is 29.2 Å². The Bertz CT molecular complexity index is 695. The van der Waals surface area contributed by atoms with Crippen LogP contribution in [-0.2, 0) is 10.5 Å². The number of thioether (sulfide) groups is 1. The lowest BCUT2D eigenvalue weighted by Crippen LogP contribution is -2.37. The normalized spacial score (nSPS) is 11.8. The van der Waals surface area contributed by atoms with E-state index in [1.54, 1.807) is 6.92 Å². The minimum atomic E-state index is -0.498. The van der Waals surface area contributed by atoms with Crippen molar-refractivity contribution in [1.82, 2.24) is 5.32 Å². The molecule has 1 atom stereocenters. The molecule has 0 unspecified atom stereocenters. The van der Waals surface area contributed by atoms with Crippen molar-refractivity contribution in [1.29, 1.82) is 0 Å². The summed E-state index contributed by atoms with van der Waals surface area (Å²) >= 11 is 1.83. The number of hydrogen-bond acceptors (Lipinski definition) is 3. The molecule has 2 aromatic rings. The lowest BCUT2D eigenvalue weighted by atomic mass is 10.1. The molecule has 134 valence electrons. The number of hydrogen-bond donors (Lipinski definition) is 1. The summed E-state index contributed by atoms with van der Waals surface area (Å²) < 4.78 is 5.76. The van der Waals surface area contributed by atoms with Crippen molar-refractivity contribution in [3.05, 3.63) is 64.7 Å². The van der Waals surface area contributed by atoms with Gasteiger partial charge in [0, 0.05) is 18.1 Å². The molecule has 2 aromatic carbocycles. The van der Waals surface area contributed by atoms with Crippen LogP contribution in [0.2, 0.25) is 0 Å². The number of nitrogens with one attached hydrogen (secondary N) is 1. The summed E-state index contributed by atoms with van der Waals surface area (Å²) in [5, 5.41) is 2.95. The van der Waals surface area contributed by atoms with E-state index < -0.39 is 6.10 Å². The van der Waals surface area contributed by atoms with Gasteiger partial charge < -0.3 is 10.1 Å². The van der Waals surface area contributed by atoms with Crippen LogP contribution in [0.3, 0.4) is 0 Å². The standard InChI is InChI=1S/C21H27NO2S/c1-15-11-16(2)13-20(12-15)24-18(4)21(23)22-9-10-25-14-19-8-6-5-7-17(19)3/h5-8,11-13,18H,9-10,14H2,1-4H3,(H,22,23)/t18-/m1/s1. The second kappa shape index (κ2) is 9.52. The zero-order chi connectivity index (χ0) is 18.2. The van der Waals surface area contributed by atoms with Crippen molar-refractivity contribution in [2.75, 3.05) is 12.3 Å². The van der Waals surface area contributed by atoms with Crippen molar-refractivity contribution in [2.24, 2.45) is 0 Å². The van der Waals surface area contributed by atoms with Crippen LogP contribution in [-0.4, -0.2) is 24.3 Å². The van der Waals surface area contributed by atoms with Gasteiger partial charge in [0.25, 0.3) is 5.91 Å². The predicted octanol–water partition coefficient (Wildman–Crippen LogP) is 4.43. The average Bonchev–Trinajstić information content (AvgIpc) is 2.55. The van der Waals surface area contributed by atoms with E-state index in [-0.39, 0.29) is 5.91 Å². The third-order valence-corrected chi connectivity index (χ3v) is 4.95. The summed E-state index contributed by atoms with van der Waals surface area (Å²) in [7, 11) is 0. The maximum atomic E-state index is 12.2. The van der Waals surface area contributed by atoms with Crippen LogP contribution in [0.15, 0.2) is 42.5 Å². The van der Waals surface area contributed by atoms with Crippen LogP contribution < -0.4 is 10.1 Å². The Morgan fingerprint density at radius 2 is 1.80 bits per heavy atom. The summed E-state index contributed by atoms with van der Waals surface area (Å²) in [5.74, 6) is 2.53. The highest BCUT2D eigenvalue weighted by molar-refractivity contribution is 7.98. The van der Waals surface area contributed by atoms with Gasteiger partial charge in [-0.15, -0.1) is 0 Å². The molecule has 1 N–H and O–H groups in total. The lowest BCUT2D eigenvalue weighted by Gasteiger charge is -2.15. The SMILES string of the molecule is Cc1cc(C)cc(O[C@H](C)C(=O)NCCSCc2ccccc2C)c1. The van der Waals surface area contributed by atoms with Gasteiger partial charge in [-0.2, -0.15) is 11.8 Å². The molecule has 0 saturated heterocycles. The first kappa shape index (κ1) is 19.4. The molecule has 0 saturated carbocycles. The predicted molar refractivity (Wildman–Crippen MR) is 106 cm³/mol. The molecule has 0 aromatic heterocycles. The van der Waals surface area contributed by atoms with Crippen LogP contribution in [0.5, 0.6) is 5.75 Å². The highest BCUT2D eigenvalue weighted by Crippen LogP contribution is 2.18. The number of carbonyl (C=O) groups excluding carboxylic acids is 1. The second-order valence-electron chi connectivity index (χ2n) is 6.35. The number of ether oxygens (including phenoxy) is 1. The fourth-order valence-corrected chi connectivity index (χ4v) is 3.54. The topological polar surface area (TPSA) is 38.3 Å². The first-order chi connectivity index (χ1) is 12.0. The van der Waals surface area contributed by atoms with Gasteiger partial charge in [0.15, 0.2) is 6.10 Å². The fraction of sp³-hybridized carbons (Fsp3) is 0.381. The van der Waals surface area contributed by atoms with Crippen molar-refractivity contribution >= 4 is 17.7 Å². The molecular weight excluding hydrogens is 330 g/mol. The van der Waals surface area contributed by atoms with Crippen LogP contribution >= 0.6 is 11.8 Å². The third kappa shape index (κ3) is 6.46. The monoisotopic (exact) mass is 357 g/mol. The lowest BCUT2D eigenvalue weighted by molar-refractivity contribution is -0.127. The average molecular weight is 358 g/mol. The Morgan fingerprint density at radius 3 is 2.48 bits per heavy atom. The summed E-state index contributed by atoms with van der Waals surface area (Å²) in [6, 6.07) is 14.4. The molecule has 0 aliphatic rings. The molecule has 0 aliphatic carbocycles. The quantitative estimate of drug-likeness (QED) is 0.710. The maximum Gasteiger partial charge on any atom is 0.260 e. The van der Waals surface area contributed by atoms with Crippen LogP contribution in [0.4, 0.5) is 0 Å². The Kier molecular flexibility index (Phi) is 7.38. The zero-order valence-corrected chi connectivity index (χ0v) is 16.3. The van der Waals surface area contributed by atoms with E-state index in [0.717, 1.165) is 28.4 Å². The largest absolute Gasteiger partial charge is 0.481 e. The van der Waals surface area contributed by atoms with E-state index in [4.69, 9.17) is 4.74 Å².